The summed E-state index contributed by atoms with van der Waals surface area (Å²) in [6, 6.07) is 5.46. The lowest BCUT2D eigenvalue weighted by molar-refractivity contribution is -0.144. The molecule has 0 heterocycles. The van der Waals surface area contributed by atoms with Crippen LogP contribution in [-0.4, -0.2) is 25.5 Å². The van der Waals surface area contributed by atoms with Gasteiger partial charge in [0, 0.05) is 12.8 Å². The van der Waals surface area contributed by atoms with E-state index in [1.807, 2.05) is 12.1 Å². The molecule has 0 saturated carbocycles. The maximum Gasteiger partial charge on any atom is 0.306 e. The zero-order valence-corrected chi connectivity index (χ0v) is 12.0. The predicted molar refractivity (Wildman–Crippen MR) is 76.6 cm³/mol. The number of carbonyl (C=O) groups excluding carboxylic acids is 2. The lowest BCUT2D eigenvalue weighted by atomic mass is 10.0. The lowest BCUT2D eigenvalue weighted by Gasteiger charge is -2.07. The zero-order chi connectivity index (χ0) is 15.0. The van der Waals surface area contributed by atoms with E-state index in [0.29, 0.717) is 30.9 Å². The van der Waals surface area contributed by atoms with Crippen LogP contribution in [0.15, 0.2) is 18.2 Å². The molecule has 0 aliphatic carbocycles. The summed E-state index contributed by atoms with van der Waals surface area (Å²) in [6.45, 7) is 2.09. The van der Waals surface area contributed by atoms with Crippen molar-refractivity contribution >= 4 is 17.4 Å². The third-order valence-electron chi connectivity index (χ3n) is 2.90. The van der Waals surface area contributed by atoms with Crippen LogP contribution in [0, 0.1) is 0 Å². The standard InChI is InChI=1S/C15H21NO4/c1-3-20-15(18)9-7-12(17)6-4-11-5-8-13(16)14(10-11)19-2/h5,8,10H,3-4,6-7,9,16H2,1-2H3. The number of benzene rings is 1. The predicted octanol–water partition coefficient (Wildman–Crippen LogP) is 2.12. The molecule has 0 fully saturated rings. The van der Waals surface area contributed by atoms with Crippen LogP contribution in [0.4, 0.5) is 5.69 Å². The topological polar surface area (TPSA) is 78.6 Å². The normalized spacial score (nSPS) is 10.1. The second kappa shape index (κ2) is 8.19. The minimum absolute atomic E-state index is 0.0499. The van der Waals surface area contributed by atoms with Crippen LogP contribution in [-0.2, 0) is 20.7 Å². The number of esters is 1. The van der Waals surface area contributed by atoms with E-state index in [2.05, 4.69) is 0 Å². The number of rotatable bonds is 8. The SMILES string of the molecule is CCOC(=O)CCC(=O)CCc1ccc(N)c(OC)c1. The van der Waals surface area contributed by atoms with Gasteiger partial charge < -0.3 is 15.2 Å². The summed E-state index contributed by atoms with van der Waals surface area (Å²) < 4.78 is 9.90. The van der Waals surface area contributed by atoms with Crippen LogP contribution >= 0.6 is 0 Å². The molecule has 0 aliphatic rings. The average molecular weight is 279 g/mol. The van der Waals surface area contributed by atoms with Crippen molar-refractivity contribution in [3.8, 4) is 5.75 Å². The largest absolute Gasteiger partial charge is 0.495 e. The molecule has 0 aliphatic heterocycles. The number of hydrogen-bond acceptors (Lipinski definition) is 5. The van der Waals surface area contributed by atoms with Crippen molar-refractivity contribution in [2.75, 3.05) is 19.5 Å². The maximum atomic E-state index is 11.7. The smallest absolute Gasteiger partial charge is 0.306 e. The molecule has 0 amide bonds. The Balaban J connectivity index is 2.39. The monoisotopic (exact) mass is 279 g/mol. The first-order valence-corrected chi connectivity index (χ1v) is 6.66. The molecule has 0 bridgehead atoms. The second-order valence-electron chi connectivity index (χ2n) is 4.42. The summed E-state index contributed by atoms with van der Waals surface area (Å²) in [5.74, 6) is 0.338. The van der Waals surface area contributed by atoms with E-state index in [4.69, 9.17) is 15.2 Å². The maximum absolute atomic E-state index is 11.7. The van der Waals surface area contributed by atoms with Gasteiger partial charge in [-0.15, -0.1) is 0 Å². The van der Waals surface area contributed by atoms with Crippen molar-refractivity contribution in [1.29, 1.82) is 0 Å². The number of nitrogen functional groups attached to an aromatic ring is 1. The minimum Gasteiger partial charge on any atom is -0.495 e. The highest BCUT2D eigenvalue weighted by atomic mass is 16.5. The number of carbonyl (C=O) groups is 2. The Morgan fingerprint density at radius 1 is 1.20 bits per heavy atom. The van der Waals surface area contributed by atoms with Gasteiger partial charge in [0.2, 0.25) is 0 Å². The summed E-state index contributed by atoms with van der Waals surface area (Å²) in [7, 11) is 1.56. The Morgan fingerprint density at radius 3 is 2.60 bits per heavy atom. The lowest BCUT2D eigenvalue weighted by Crippen LogP contribution is -2.08. The van der Waals surface area contributed by atoms with Crippen molar-refractivity contribution in [1.82, 2.24) is 0 Å². The molecule has 0 atom stereocenters. The number of ether oxygens (including phenoxy) is 2. The highest BCUT2D eigenvalue weighted by Crippen LogP contribution is 2.22. The van der Waals surface area contributed by atoms with Crippen molar-refractivity contribution in [3.05, 3.63) is 23.8 Å². The molecule has 0 radical (unpaired) electrons. The Morgan fingerprint density at radius 2 is 1.95 bits per heavy atom. The van der Waals surface area contributed by atoms with Gasteiger partial charge >= 0.3 is 5.97 Å². The molecule has 1 aromatic carbocycles. The van der Waals surface area contributed by atoms with Crippen molar-refractivity contribution < 1.29 is 19.1 Å². The summed E-state index contributed by atoms with van der Waals surface area (Å²) in [4.78, 5) is 22.8. The second-order valence-corrected chi connectivity index (χ2v) is 4.42. The molecule has 110 valence electrons. The van der Waals surface area contributed by atoms with E-state index in [1.54, 1.807) is 20.1 Å². The van der Waals surface area contributed by atoms with E-state index in [9.17, 15) is 9.59 Å². The molecule has 0 spiro atoms. The summed E-state index contributed by atoms with van der Waals surface area (Å²) in [6.07, 6.45) is 1.38. The highest BCUT2D eigenvalue weighted by Gasteiger charge is 2.08. The number of aryl methyl sites for hydroxylation is 1. The van der Waals surface area contributed by atoms with E-state index < -0.39 is 0 Å². The molecule has 0 unspecified atom stereocenters. The number of anilines is 1. The van der Waals surface area contributed by atoms with Crippen LogP contribution in [0.3, 0.4) is 0 Å². The van der Waals surface area contributed by atoms with Gasteiger partial charge in [-0.25, -0.2) is 0 Å². The Kier molecular flexibility index (Phi) is 6.56. The summed E-state index contributed by atoms with van der Waals surface area (Å²) in [5.41, 5.74) is 7.28. The van der Waals surface area contributed by atoms with E-state index in [0.717, 1.165) is 5.56 Å². The minimum atomic E-state index is -0.324. The first kappa shape index (κ1) is 16.0. The number of nitrogens with two attached hydrogens (primary N) is 1. The molecular weight excluding hydrogens is 258 g/mol. The highest BCUT2D eigenvalue weighted by molar-refractivity contribution is 5.83. The average Bonchev–Trinajstić information content (AvgIpc) is 2.44. The van der Waals surface area contributed by atoms with Crippen LogP contribution < -0.4 is 10.5 Å². The van der Waals surface area contributed by atoms with E-state index >= 15 is 0 Å². The van der Waals surface area contributed by atoms with Crippen molar-refractivity contribution in [2.24, 2.45) is 0 Å². The Labute approximate surface area is 119 Å². The fraction of sp³-hybridized carbons (Fsp3) is 0.467. The van der Waals surface area contributed by atoms with E-state index in [1.165, 1.54) is 0 Å². The molecule has 5 nitrogen and oxygen atoms in total. The van der Waals surface area contributed by atoms with Gasteiger partial charge in [-0.1, -0.05) is 6.07 Å². The van der Waals surface area contributed by atoms with Crippen molar-refractivity contribution in [3.63, 3.8) is 0 Å². The van der Waals surface area contributed by atoms with E-state index in [-0.39, 0.29) is 24.6 Å². The Hall–Kier alpha value is -2.04. The van der Waals surface area contributed by atoms with Crippen LogP contribution in [0.1, 0.15) is 31.7 Å². The van der Waals surface area contributed by atoms with Gasteiger partial charge in [0.05, 0.1) is 25.8 Å². The molecular formula is C15H21NO4. The van der Waals surface area contributed by atoms with Crippen LogP contribution in [0.25, 0.3) is 0 Å². The van der Waals surface area contributed by atoms with Crippen LogP contribution in [0.2, 0.25) is 0 Å². The van der Waals surface area contributed by atoms with Gasteiger partial charge in [0.25, 0.3) is 0 Å². The number of methoxy groups -OCH3 is 1. The number of ketones is 1. The molecule has 20 heavy (non-hydrogen) atoms. The summed E-state index contributed by atoms with van der Waals surface area (Å²) >= 11 is 0. The fourth-order valence-corrected chi connectivity index (χ4v) is 1.79. The van der Waals surface area contributed by atoms with Gasteiger partial charge in [0.1, 0.15) is 11.5 Å². The third kappa shape index (κ3) is 5.30. The first-order chi connectivity index (χ1) is 9.56. The quantitative estimate of drug-likeness (QED) is 0.582. The molecule has 1 rings (SSSR count). The molecule has 0 saturated heterocycles. The van der Waals surface area contributed by atoms with Crippen molar-refractivity contribution in [2.45, 2.75) is 32.6 Å². The summed E-state index contributed by atoms with van der Waals surface area (Å²) in [5, 5.41) is 0. The molecule has 0 aromatic heterocycles. The number of Topliss-reactive ketones (excluding diaryl/α,β-unsaturated/α-hetero) is 1. The van der Waals surface area contributed by atoms with Crippen LogP contribution in [0.5, 0.6) is 5.75 Å². The van der Waals surface area contributed by atoms with Gasteiger partial charge in [-0.3, -0.25) is 9.59 Å². The molecule has 1 aromatic rings. The zero-order valence-electron chi connectivity index (χ0n) is 12.0. The number of hydrogen-bond donors (Lipinski definition) is 1. The Bertz CT molecular complexity index is 471. The first-order valence-electron chi connectivity index (χ1n) is 6.66. The van der Waals surface area contributed by atoms with Gasteiger partial charge in [-0.2, -0.15) is 0 Å². The molecule has 2 N–H and O–H groups in total. The fourth-order valence-electron chi connectivity index (χ4n) is 1.79. The van der Waals surface area contributed by atoms with Gasteiger partial charge in [-0.05, 0) is 31.0 Å². The van der Waals surface area contributed by atoms with Gasteiger partial charge in [0.15, 0.2) is 0 Å². The third-order valence-corrected chi connectivity index (χ3v) is 2.90. The molecule has 5 heteroatoms.